The van der Waals surface area contributed by atoms with E-state index < -0.39 is 23.1 Å². The van der Waals surface area contributed by atoms with Crippen LogP contribution < -0.4 is 4.90 Å². The number of nitrogens with zero attached hydrogens (tertiary/aromatic N) is 5. The second-order valence-electron chi connectivity index (χ2n) is 15.5. The second-order valence-corrected chi connectivity index (χ2v) is 16.5. The number of anilines is 1. The largest absolute Gasteiger partial charge is 0.348 e. The molecule has 2 rings (SSSR count). The molecule has 0 spiro atoms. The number of unbranched alkanes of at least 4 members (excludes halogenated alkanes) is 2. The van der Waals surface area contributed by atoms with Gasteiger partial charge in [-0.3, -0.25) is 14.4 Å². The molecule has 0 aromatic carbocycles. The van der Waals surface area contributed by atoms with Gasteiger partial charge >= 0.3 is 0 Å². The van der Waals surface area contributed by atoms with Crippen LogP contribution in [0.2, 0.25) is 0 Å². The number of amides is 3. The fraction of sp³-hybridized carbons (Fsp3) is 0.718. The number of rotatable bonds is 17. The maximum atomic E-state index is 14.3. The van der Waals surface area contributed by atoms with Crippen LogP contribution in [0.3, 0.4) is 0 Å². The number of aromatic nitrogens is 1. The fourth-order valence-corrected chi connectivity index (χ4v) is 7.48. The first-order valence-corrected chi connectivity index (χ1v) is 19.1. The van der Waals surface area contributed by atoms with E-state index in [0.29, 0.717) is 30.3 Å². The lowest BCUT2D eigenvalue weighted by Gasteiger charge is -2.37. The first-order valence-electron chi connectivity index (χ1n) is 18.3. The van der Waals surface area contributed by atoms with Gasteiger partial charge in [0.1, 0.15) is 11.6 Å². The Morgan fingerprint density at radius 1 is 0.917 bits per heavy atom. The monoisotopic (exact) mass is 681 g/mol. The molecule has 1 aliphatic rings. The van der Waals surface area contributed by atoms with Gasteiger partial charge in [0.25, 0.3) is 11.8 Å². The molecule has 0 N–H and O–H groups in total. The van der Waals surface area contributed by atoms with Crippen LogP contribution in [-0.2, 0) is 19.8 Å². The SMILES string of the molecule is CCCCC(CC)CN(CC(CC)CCCC)c1nc(C(C)(C)C)c(/C=C2\C(=O)N(N(C)C(=O)C(C)(C)C)C(=O)C(C#N)=C2CCC)s1. The molecule has 0 saturated heterocycles. The van der Waals surface area contributed by atoms with Crippen molar-refractivity contribution in [3.63, 3.8) is 0 Å². The van der Waals surface area contributed by atoms with Gasteiger partial charge in [-0.1, -0.05) is 132 Å². The summed E-state index contributed by atoms with van der Waals surface area (Å²) in [6, 6.07) is 2.08. The normalized spacial score (nSPS) is 16.4. The third-order valence-electron chi connectivity index (χ3n) is 9.25. The first-order chi connectivity index (χ1) is 22.5. The Balaban J connectivity index is 2.83. The average Bonchev–Trinajstić information content (AvgIpc) is 3.46. The minimum atomic E-state index is -0.838. The van der Waals surface area contributed by atoms with Crippen molar-refractivity contribution in [3.05, 3.63) is 27.3 Å². The lowest BCUT2D eigenvalue weighted by molar-refractivity contribution is -0.171. The third kappa shape index (κ3) is 10.3. The Morgan fingerprint density at radius 3 is 1.88 bits per heavy atom. The minimum absolute atomic E-state index is 0.0941. The quantitative estimate of drug-likeness (QED) is 0.120. The summed E-state index contributed by atoms with van der Waals surface area (Å²) >= 11 is 1.59. The van der Waals surface area contributed by atoms with Gasteiger partial charge in [-0.25, -0.2) is 9.99 Å². The molecular weight excluding hydrogens is 619 g/mol. The van der Waals surface area contributed by atoms with E-state index in [2.05, 4.69) is 59.4 Å². The van der Waals surface area contributed by atoms with E-state index in [1.54, 1.807) is 32.1 Å². The Morgan fingerprint density at radius 2 is 1.46 bits per heavy atom. The van der Waals surface area contributed by atoms with Gasteiger partial charge in [-0.2, -0.15) is 10.3 Å². The summed E-state index contributed by atoms with van der Waals surface area (Å²) in [6.45, 7) is 24.5. The Labute approximate surface area is 295 Å². The fourth-order valence-electron chi connectivity index (χ4n) is 6.24. The topological polar surface area (TPSA) is 97.6 Å². The highest BCUT2D eigenvalue weighted by Crippen LogP contribution is 2.39. The number of imide groups is 1. The molecule has 1 aromatic heterocycles. The average molecular weight is 682 g/mol. The second kappa shape index (κ2) is 18.1. The van der Waals surface area contributed by atoms with E-state index in [4.69, 9.17) is 4.98 Å². The number of hydrazine groups is 1. The van der Waals surface area contributed by atoms with Gasteiger partial charge in [0, 0.05) is 36.5 Å². The summed E-state index contributed by atoms with van der Waals surface area (Å²) in [5, 5.41) is 13.1. The summed E-state index contributed by atoms with van der Waals surface area (Å²) in [7, 11) is 1.43. The van der Waals surface area contributed by atoms with Crippen LogP contribution in [0.1, 0.15) is 151 Å². The number of hydrogen-bond acceptors (Lipinski definition) is 7. The van der Waals surface area contributed by atoms with E-state index in [1.807, 2.05) is 13.0 Å². The van der Waals surface area contributed by atoms with E-state index in [-0.39, 0.29) is 16.6 Å². The van der Waals surface area contributed by atoms with Crippen molar-refractivity contribution in [2.75, 3.05) is 25.0 Å². The molecule has 9 heteroatoms. The maximum absolute atomic E-state index is 14.3. The van der Waals surface area contributed by atoms with Crippen molar-refractivity contribution in [3.8, 4) is 6.07 Å². The van der Waals surface area contributed by atoms with Crippen LogP contribution in [0.15, 0.2) is 16.7 Å². The number of hydrogen-bond donors (Lipinski definition) is 0. The molecular formula is C39H63N5O3S. The molecule has 8 nitrogen and oxygen atoms in total. The molecule has 1 aromatic rings. The van der Waals surface area contributed by atoms with Crippen molar-refractivity contribution in [2.45, 2.75) is 146 Å². The number of nitriles is 1. The molecule has 2 atom stereocenters. The number of thiazole rings is 1. The van der Waals surface area contributed by atoms with Gasteiger partial charge < -0.3 is 4.90 Å². The summed E-state index contributed by atoms with van der Waals surface area (Å²) < 4.78 is 0. The van der Waals surface area contributed by atoms with Gasteiger partial charge in [0.15, 0.2) is 5.13 Å². The minimum Gasteiger partial charge on any atom is -0.348 e. The molecule has 0 fully saturated rings. The molecule has 0 aliphatic carbocycles. The molecule has 48 heavy (non-hydrogen) atoms. The number of carbonyl (C=O) groups is 3. The Hall–Kier alpha value is -2.99. The van der Waals surface area contributed by atoms with Crippen molar-refractivity contribution in [1.82, 2.24) is 15.0 Å². The number of carbonyl (C=O) groups excluding carboxylic acids is 3. The first kappa shape index (κ1) is 41.2. The van der Waals surface area contributed by atoms with Gasteiger partial charge in [0.2, 0.25) is 5.91 Å². The van der Waals surface area contributed by atoms with Crippen molar-refractivity contribution in [1.29, 1.82) is 5.26 Å². The van der Waals surface area contributed by atoms with Crippen molar-refractivity contribution >= 4 is 40.3 Å². The molecule has 3 amide bonds. The highest BCUT2D eigenvalue weighted by Gasteiger charge is 2.43. The summed E-state index contributed by atoms with van der Waals surface area (Å²) in [4.78, 5) is 49.9. The molecule has 1 aliphatic heterocycles. The highest BCUT2D eigenvalue weighted by atomic mass is 32.1. The molecule has 2 heterocycles. The van der Waals surface area contributed by atoms with Gasteiger partial charge in [-0.15, -0.1) is 0 Å². The van der Waals surface area contributed by atoms with Crippen LogP contribution in [0, 0.1) is 28.6 Å². The van der Waals surface area contributed by atoms with Gasteiger partial charge in [-0.05, 0) is 42.7 Å². The standard InChI is InChI=1S/C39H63N5O3S/c1-13-18-21-27(16-4)25-43(26-28(17-5)22-19-14-2)37-41-33(38(6,7)8)32(48-37)23-30-29(20-15-3)31(24-40)35(46)44(34(30)45)42(12)36(47)39(9,10)11/h23,27-28H,13-22,25-26H2,1-12H3/b30-23-. The van der Waals surface area contributed by atoms with Crippen LogP contribution in [-0.4, -0.2) is 52.9 Å². The zero-order valence-corrected chi connectivity index (χ0v) is 32.9. The van der Waals surface area contributed by atoms with Crippen LogP contribution in [0.25, 0.3) is 6.08 Å². The van der Waals surface area contributed by atoms with Crippen LogP contribution in [0.5, 0.6) is 0 Å². The van der Waals surface area contributed by atoms with Crippen molar-refractivity contribution in [2.24, 2.45) is 17.3 Å². The molecule has 268 valence electrons. The lowest BCUT2D eigenvalue weighted by Crippen LogP contribution is -2.56. The van der Waals surface area contributed by atoms with Gasteiger partial charge in [0.05, 0.1) is 10.6 Å². The predicted molar refractivity (Wildman–Crippen MR) is 199 cm³/mol. The van der Waals surface area contributed by atoms with Crippen LogP contribution >= 0.6 is 11.3 Å². The summed E-state index contributed by atoms with van der Waals surface area (Å²) in [6.07, 6.45) is 12.2. The highest BCUT2D eigenvalue weighted by molar-refractivity contribution is 7.16. The Kier molecular flexibility index (Phi) is 15.6. The van der Waals surface area contributed by atoms with E-state index in [0.717, 1.165) is 51.7 Å². The molecule has 0 saturated carbocycles. The van der Waals surface area contributed by atoms with E-state index in [9.17, 15) is 19.6 Å². The van der Waals surface area contributed by atoms with E-state index >= 15 is 0 Å². The smallest absolute Gasteiger partial charge is 0.290 e. The van der Waals surface area contributed by atoms with E-state index in [1.165, 1.54) is 45.6 Å². The zero-order valence-electron chi connectivity index (χ0n) is 32.1. The molecule has 2 unspecified atom stereocenters. The maximum Gasteiger partial charge on any atom is 0.290 e. The third-order valence-corrected chi connectivity index (χ3v) is 10.3. The summed E-state index contributed by atoms with van der Waals surface area (Å²) in [5.41, 5.74) is 0.333. The molecule has 0 bridgehead atoms. The lowest BCUT2D eigenvalue weighted by atomic mass is 9.88. The van der Waals surface area contributed by atoms with Crippen LogP contribution in [0.4, 0.5) is 5.13 Å². The Bertz CT molecular complexity index is 1350. The molecule has 0 radical (unpaired) electrons. The summed E-state index contributed by atoms with van der Waals surface area (Å²) in [5.74, 6) is -0.626. The van der Waals surface area contributed by atoms with Crippen molar-refractivity contribution < 1.29 is 14.4 Å². The predicted octanol–water partition coefficient (Wildman–Crippen LogP) is 9.47. The zero-order chi connectivity index (χ0) is 36.4.